The Morgan fingerprint density at radius 3 is 2.88 bits per heavy atom. The molecule has 1 saturated heterocycles. The zero-order chi connectivity index (χ0) is 16.7. The van der Waals surface area contributed by atoms with E-state index in [4.69, 9.17) is 0 Å². The Hall–Kier alpha value is -2.26. The van der Waals surface area contributed by atoms with Gasteiger partial charge in [-0.2, -0.15) is 9.40 Å². The molecule has 4 rings (SSSR count). The van der Waals surface area contributed by atoms with Crippen LogP contribution in [-0.2, 0) is 17.1 Å². The summed E-state index contributed by atoms with van der Waals surface area (Å²) in [5, 5.41) is 12.7. The van der Waals surface area contributed by atoms with Crippen LogP contribution in [0.15, 0.2) is 41.7 Å². The number of sulfonamides is 1. The van der Waals surface area contributed by atoms with Crippen LogP contribution in [0.3, 0.4) is 0 Å². The molecule has 0 radical (unpaired) electrons. The summed E-state index contributed by atoms with van der Waals surface area (Å²) in [6.07, 6.45) is 5.11. The number of aromatic nitrogens is 5. The summed E-state index contributed by atoms with van der Waals surface area (Å²) in [7, 11) is -1.91. The van der Waals surface area contributed by atoms with Gasteiger partial charge in [0.15, 0.2) is 10.7 Å². The third-order valence-electron chi connectivity index (χ3n) is 4.47. The first-order valence-electron chi connectivity index (χ1n) is 7.85. The minimum absolute atomic E-state index is 0.0270. The molecule has 1 aliphatic rings. The van der Waals surface area contributed by atoms with Crippen molar-refractivity contribution in [2.75, 3.05) is 13.1 Å². The largest absolute Gasteiger partial charge is 0.286 e. The third kappa shape index (κ3) is 2.40. The Morgan fingerprint density at radius 1 is 1.21 bits per heavy atom. The van der Waals surface area contributed by atoms with E-state index < -0.39 is 10.0 Å². The van der Waals surface area contributed by atoms with Crippen LogP contribution in [0.4, 0.5) is 0 Å². The van der Waals surface area contributed by atoms with Crippen LogP contribution in [0.2, 0.25) is 0 Å². The molecule has 0 aromatic carbocycles. The zero-order valence-electron chi connectivity index (χ0n) is 13.3. The molecule has 1 aliphatic heterocycles. The number of nitrogens with zero attached hydrogens (tertiary/aromatic N) is 6. The number of piperidine rings is 1. The standard InChI is InChI=1S/C15H18N6O2S/c1-19-14(7-8-16-19)24(22,23)20-9-4-5-12(11-20)15-18-17-13-6-2-3-10-21(13)15/h2-3,6-8,10,12H,4-5,9,11H2,1H3/t12-/m0/s1. The predicted molar refractivity (Wildman–Crippen MR) is 86.9 cm³/mol. The summed E-state index contributed by atoms with van der Waals surface area (Å²) in [4.78, 5) is 0. The summed E-state index contributed by atoms with van der Waals surface area (Å²) in [5.41, 5.74) is 0.777. The van der Waals surface area contributed by atoms with Crippen molar-refractivity contribution >= 4 is 15.7 Å². The quantitative estimate of drug-likeness (QED) is 0.707. The van der Waals surface area contributed by atoms with Gasteiger partial charge in [0.25, 0.3) is 10.0 Å². The molecule has 0 spiro atoms. The monoisotopic (exact) mass is 346 g/mol. The molecule has 0 saturated carbocycles. The zero-order valence-corrected chi connectivity index (χ0v) is 14.1. The highest BCUT2D eigenvalue weighted by Gasteiger charge is 2.34. The maximum Gasteiger partial charge on any atom is 0.260 e. The Morgan fingerprint density at radius 2 is 2.08 bits per heavy atom. The van der Waals surface area contributed by atoms with Crippen molar-refractivity contribution in [1.29, 1.82) is 0 Å². The van der Waals surface area contributed by atoms with Gasteiger partial charge in [-0.05, 0) is 31.0 Å². The number of hydrogen-bond donors (Lipinski definition) is 0. The molecule has 1 atom stereocenters. The first-order chi connectivity index (χ1) is 11.6. The molecule has 0 aliphatic carbocycles. The number of hydrogen-bond acceptors (Lipinski definition) is 5. The molecule has 0 N–H and O–H groups in total. The Bertz CT molecular complexity index is 977. The van der Waals surface area contributed by atoms with E-state index >= 15 is 0 Å². The smallest absolute Gasteiger partial charge is 0.260 e. The van der Waals surface area contributed by atoms with Crippen LogP contribution >= 0.6 is 0 Å². The van der Waals surface area contributed by atoms with E-state index in [1.54, 1.807) is 7.05 Å². The normalized spacial score (nSPS) is 19.8. The van der Waals surface area contributed by atoms with E-state index in [9.17, 15) is 8.42 Å². The number of aryl methyl sites for hydroxylation is 1. The van der Waals surface area contributed by atoms with Gasteiger partial charge in [-0.15, -0.1) is 10.2 Å². The summed E-state index contributed by atoms with van der Waals surface area (Å²) in [5.74, 6) is 0.842. The van der Waals surface area contributed by atoms with Gasteiger partial charge in [0.2, 0.25) is 0 Å². The second kappa shape index (κ2) is 5.67. The highest BCUT2D eigenvalue weighted by molar-refractivity contribution is 7.89. The maximum atomic E-state index is 12.9. The minimum Gasteiger partial charge on any atom is -0.286 e. The summed E-state index contributed by atoms with van der Waals surface area (Å²) >= 11 is 0. The van der Waals surface area contributed by atoms with Gasteiger partial charge >= 0.3 is 0 Å². The molecular weight excluding hydrogens is 328 g/mol. The summed E-state index contributed by atoms with van der Waals surface area (Å²) in [6, 6.07) is 7.26. The molecule has 1 fully saturated rings. The van der Waals surface area contributed by atoms with Crippen molar-refractivity contribution < 1.29 is 8.42 Å². The van der Waals surface area contributed by atoms with E-state index in [0.29, 0.717) is 13.1 Å². The SMILES string of the molecule is Cn1nccc1S(=O)(=O)N1CCC[C@H](c2nnc3ccccn23)C1. The van der Waals surface area contributed by atoms with E-state index in [-0.39, 0.29) is 10.9 Å². The lowest BCUT2D eigenvalue weighted by Gasteiger charge is -2.30. The maximum absolute atomic E-state index is 12.9. The van der Waals surface area contributed by atoms with E-state index in [0.717, 1.165) is 24.3 Å². The fourth-order valence-corrected chi connectivity index (χ4v) is 4.88. The van der Waals surface area contributed by atoms with Crippen LogP contribution < -0.4 is 0 Å². The summed E-state index contributed by atoms with van der Waals surface area (Å²) in [6.45, 7) is 0.921. The Balaban J connectivity index is 1.66. The molecule has 8 nitrogen and oxygen atoms in total. The third-order valence-corrected chi connectivity index (χ3v) is 6.41. The van der Waals surface area contributed by atoms with Crippen LogP contribution in [0.25, 0.3) is 5.65 Å². The van der Waals surface area contributed by atoms with Gasteiger partial charge < -0.3 is 0 Å². The molecular formula is C15H18N6O2S. The molecule has 3 aromatic heterocycles. The average Bonchev–Trinajstić information content (AvgIpc) is 3.21. The summed E-state index contributed by atoms with van der Waals surface area (Å²) < 4.78 is 30.6. The van der Waals surface area contributed by atoms with Gasteiger partial charge in [0, 0.05) is 32.3 Å². The van der Waals surface area contributed by atoms with Crippen LogP contribution in [-0.4, -0.2) is 50.2 Å². The Kier molecular flexibility index (Phi) is 3.61. The second-order valence-electron chi connectivity index (χ2n) is 5.98. The van der Waals surface area contributed by atoms with E-state index in [1.165, 1.54) is 21.3 Å². The average molecular weight is 346 g/mol. The van der Waals surface area contributed by atoms with Crippen molar-refractivity contribution in [2.24, 2.45) is 7.05 Å². The molecule has 0 amide bonds. The van der Waals surface area contributed by atoms with Crippen molar-refractivity contribution in [3.05, 3.63) is 42.5 Å². The molecule has 24 heavy (non-hydrogen) atoms. The van der Waals surface area contributed by atoms with Gasteiger partial charge in [0.05, 0.1) is 6.20 Å². The second-order valence-corrected chi connectivity index (χ2v) is 7.87. The van der Waals surface area contributed by atoms with Crippen molar-refractivity contribution in [3.8, 4) is 0 Å². The molecule has 0 unspecified atom stereocenters. The molecule has 126 valence electrons. The van der Waals surface area contributed by atoms with Crippen LogP contribution in [0.5, 0.6) is 0 Å². The highest BCUT2D eigenvalue weighted by Crippen LogP contribution is 2.29. The fraction of sp³-hybridized carbons (Fsp3) is 0.400. The number of fused-ring (bicyclic) bond motifs is 1. The molecule has 9 heteroatoms. The topological polar surface area (TPSA) is 85.4 Å². The molecule has 4 heterocycles. The lowest BCUT2D eigenvalue weighted by Crippen LogP contribution is -2.40. The lowest BCUT2D eigenvalue weighted by molar-refractivity contribution is 0.306. The number of rotatable bonds is 3. The van der Waals surface area contributed by atoms with Gasteiger partial charge in [-0.1, -0.05) is 6.07 Å². The van der Waals surface area contributed by atoms with Gasteiger partial charge in [0.1, 0.15) is 5.82 Å². The van der Waals surface area contributed by atoms with Crippen molar-refractivity contribution in [1.82, 2.24) is 28.7 Å². The lowest BCUT2D eigenvalue weighted by atomic mass is 9.99. The first kappa shape index (κ1) is 15.3. The van der Waals surface area contributed by atoms with Crippen molar-refractivity contribution in [2.45, 2.75) is 23.8 Å². The predicted octanol–water partition coefficient (Wildman–Crippen LogP) is 1.03. The Labute approximate surface area is 139 Å². The highest BCUT2D eigenvalue weighted by atomic mass is 32.2. The molecule has 0 bridgehead atoms. The van der Waals surface area contributed by atoms with E-state index in [1.807, 2.05) is 28.8 Å². The van der Waals surface area contributed by atoms with Crippen molar-refractivity contribution in [3.63, 3.8) is 0 Å². The van der Waals surface area contributed by atoms with Crippen LogP contribution in [0, 0.1) is 0 Å². The van der Waals surface area contributed by atoms with Gasteiger partial charge in [-0.25, -0.2) is 8.42 Å². The number of pyridine rings is 1. The first-order valence-corrected chi connectivity index (χ1v) is 9.29. The minimum atomic E-state index is -3.55. The fourth-order valence-electron chi connectivity index (χ4n) is 3.26. The van der Waals surface area contributed by atoms with Crippen LogP contribution in [0.1, 0.15) is 24.6 Å². The molecule has 3 aromatic rings. The van der Waals surface area contributed by atoms with E-state index in [2.05, 4.69) is 15.3 Å². The van der Waals surface area contributed by atoms with Gasteiger partial charge in [-0.3, -0.25) is 9.08 Å².